The molecule has 0 saturated heterocycles. The van der Waals surface area contributed by atoms with Crippen LogP contribution in [0.15, 0.2) is 121 Å². The zero-order valence-corrected chi connectivity index (χ0v) is 29.2. The summed E-state index contributed by atoms with van der Waals surface area (Å²) in [5.41, 5.74) is 2.87. The van der Waals surface area contributed by atoms with E-state index in [-0.39, 0.29) is 26.1 Å². The minimum Gasteiger partial charge on any atom is -0.387 e. The average molecular weight is 711 g/mol. The number of carbonyl (C=O) groups is 4. The first-order valence-electron chi connectivity index (χ1n) is 17.0. The van der Waals surface area contributed by atoms with Crippen LogP contribution in [-0.4, -0.2) is 84.4 Å². The fraction of sp³-hybridized carbons (Fsp3) is 0.300. The highest BCUT2D eigenvalue weighted by Crippen LogP contribution is 2.17. The number of amides is 4. The summed E-state index contributed by atoms with van der Waals surface area (Å²) in [7, 11) is 2.87. The monoisotopic (exact) mass is 710 g/mol. The summed E-state index contributed by atoms with van der Waals surface area (Å²) in [6.07, 6.45) is -7.36. The Hall–Kier alpha value is -5.40. The first kappa shape index (κ1) is 39.4. The number of carbonyl (C=O) groups excluding carboxylic acids is 4. The third-order valence-corrected chi connectivity index (χ3v) is 8.36. The molecule has 4 aromatic carbocycles. The van der Waals surface area contributed by atoms with Crippen LogP contribution in [0.4, 0.5) is 0 Å². The van der Waals surface area contributed by atoms with Gasteiger partial charge in [0.1, 0.15) is 24.3 Å². The summed E-state index contributed by atoms with van der Waals surface area (Å²) in [4.78, 5) is 53.7. The summed E-state index contributed by atoms with van der Waals surface area (Å²) in [6.45, 7) is -0.298. The number of rotatable bonds is 19. The summed E-state index contributed by atoms with van der Waals surface area (Å²) in [5.74, 6) is -2.78. The molecule has 0 unspecified atom stereocenters. The second-order valence-electron chi connectivity index (χ2n) is 12.1. The molecule has 6 N–H and O–H groups in total. The molecule has 0 radical (unpaired) electrons. The van der Waals surface area contributed by atoms with Gasteiger partial charge in [-0.05, 0) is 22.3 Å². The molecule has 4 rings (SSSR count). The Morgan fingerprint density at radius 3 is 1.06 bits per heavy atom. The molecule has 0 bridgehead atoms. The molecule has 274 valence electrons. The van der Waals surface area contributed by atoms with Gasteiger partial charge in [-0.1, -0.05) is 121 Å². The molecule has 0 heterocycles. The Labute approximate surface area is 303 Å². The van der Waals surface area contributed by atoms with Crippen molar-refractivity contribution in [2.24, 2.45) is 0 Å². The first-order chi connectivity index (χ1) is 25.2. The third-order valence-electron chi connectivity index (χ3n) is 8.36. The second kappa shape index (κ2) is 20.4. The van der Waals surface area contributed by atoms with Crippen LogP contribution in [0, 0.1) is 0 Å². The molecule has 0 aromatic heterocycles. The smallest absolute Gasteiger partial charge is 0.252 e. The van der Waals surface area contributed by atoms with E-state index in [0.717, 1.165) is 11.1 Å². The Bertz CT molecular complexity index is 1570. The molecule has 0 aliphatic rings. The maximum atomic E-state index is 13.9. The van der Waals surface area contributed by atoms with Gasteiger partial charge >= 0.3 is 0 Å². The highest BCUT2D eigenvalue weighted by atomic mass is 16.5. The summed E-state index contributed by atoms with van der Waals surface area (Å²) >= 11 is 0. The van der Waals surface area contributed by atoms with Gasteiger partial charge in [-0.2, -0.15) is 0 Å². The lowest BCUT2D eigenvalue weighted by molar-refractivity contribution is -0.171. The molecular weight excluding hydrogens is 664 g/mol. The fourth-order valence-corrected chi connectivity index (χ4v) is 5.51. The zero-order valence-electron chi connectivity index (χ0n) is 29.2. The highest BCUT2D eigenvalue weighted by molar-refractivity contribution is 5.91. The van der Waals surface area contributed by atoms with Crippen LogP contribution < -0.4 is 21.3 Å². The number of ether oxygens (including phenoxy) is 2. The van der Waals surface area contributed by atoms with E-state index < -0.39 is 60.1 Å². The van der Waals surface area contributed by atoms with E-state index >= 15 is 0 Å². The lowest BCUT2D eigenvalue weighted by Crippen LogP contribution is -2.59. The van der Waals surface area contributed by atoms with E-state index in [2.05, 4.69) is 21.3 Å². The van der Waals surface area contributed by atoms with E-state index in [9.17, 15) is 29.4 Å². The SMILES string of the molecule is CNC(=O)[C@H](Cc1ccccc1)NC(=O)[C@H](OCc1ccccc1)[C@H](O)[C@@H](O)[C@@H](OCc1ccccc1)C(=O)N[C@@H](Cc1ccccc1)C(=O)NC. The van der Waals surface area contributed by atoms with Crippen LogP contribution in [0.1, 0.15) is 22.3 Å². The van der Waals surface area contributed by atoms with Crippen LogP contribution >= 0.6 is 0 Å². The van der Waals surface area contributed by atoms with Crippen molar-refractivity contribution in [3.05, 3.63) is 144 Å². The van der Waals surface area contributed by atoms with Gasteiger partial charge in [-0.25, -0.2) is 0 Å². The predicted molar refractivity (Wildman–Crippen MR) is 194 cm³/mol. The fourth-order valence-electron chi connectivity index (χ4n) is 5.51. The molecule has 6 atom stereocenters. The first-order valence-corrected chi connectivity index (χ1v) is 17.0. The number of aliphatic hydroxyl groups excluding tert-OH is 2. The van der Waals surface area contributed by atoms with Gasteiger partial charge in [-0.15, -0.1) is 0 Å². The van der Waals surface area contributed by atoms with E-state index in [0.29, 0.717) is 11.1 Å². The van der Waals surface area contributed by atoms with Gasteiger partial charge in [0.25, 0.3) is 11.8 Å². The quantitative estimate of drug-likeness (QED) is 0.0855. The molecule has 52 heavy (non-hydrogen) atoms. The normalized spacial score (nSPS) is 14.5. The molecule has 12 nitrogen and oxygen atoms in total. The maximum absolute atomic E-state index is 13.9. The lowest BCUT2D eigenvalue weighted by atomic mass is 9.99. The number of nitrogens with one attached hydrogen (secondary N) is 4. The molecule has 4 aromatic rings. The number of aliphatic hydroxyl groups is 2. The Kier molecular flexibility index (Phi) is 15.5. The lowest BCUT2D eigenvalue weighted by Gasteiger charge is -2.32. The molecular formula is C40H46N4O8. The molecule has 0 aliphatic heterocycles. The van der Waals surface area contributed by atoms with Gasteiger partial charge in [0.05, 0.1) is 13.2 Å². The Morgan fingerprint density at radius 1 is 0.481 bits per heavy atom. The highest BCUT2D eigenvalue weighted by Gasteiger charge is 2.42. The second-order valence-corrected chi connectivity index (χ2v) is 12.1. The minimum absolute atomic E-state index is 0.129. The van der Waals surface area contributed by atoms with Crippen molar-refractivity contribution < 1.29 is 38.9 Å². The average Bonchev–Trinajstić information content (AvgIpc) is 3.18. The van der Waals surface area contributed by atoms with Gasteiger partial charge in [0, 0.05) is 26.9 Å². The number of benzene rings is 4. The van der Waals surface area contributed by atoms with Gasteiger partial charge < -0.3 is 41.0 Å². The summed E-state index contributed by atoms with van der Waals surface area (Å²) in [5, 5.41) is 33.8. The van der Waals surface area contributed by atoms with Crippen LogP contribution in [0.2, 0.25) is 0 Å². The van der Waals surface area contributed by atoms with Crippen molar-refractivity contribution in [1.82, 2.24) is 21.3 Å². The summed E-state index contributed by atoms with van der Waals surface area (Å²) < 4.78 is 11.9. The van der Waals surface area contributed by atoms with Crippen LogP contribution in [0.25, 0.3) is 0 Å². The topological polar surface area (TPSA) is 175 Å². The Morgan fingerprint density at radius 2 is 0.769 bits per heavy atom. The van der Waals surface area contributed by atoms with Crippen molar-refractivity contribution in [3.8, 4) is 0 Å². The number of hydrogen-bond donors (Lipinski definition) is 6. The van der Waals surface area contributed by atoms with E-state index in [4.69, 9.17) is 9.47 Å². The number of hydrogen-bond acceptors (Lipinski definition) is 8. The van der Waals surface area contributed by atoms with E-state index in [1.807, 2.05) is 12.1 Å². The minimum atomic E-state index is -2.04. The van der Waals surface area contributed by atoms with Crippen molar-refractivity contribution in [2.45, 2.75) is 62.6 Å². The number of likely N-dealkylation sites (N-methyl/N-ethyl adjacent to an activating group) is 2. The van der Waals surface area contributed by atoms with Crippen LogP contribution in [0.5, 0.6) is 0 Å². The largest absolute Gasteiger partial charge is 0.387 e. The van der Waals surface area contributed by atoms with Crippen LogP contribution in [-0.2, 0) is 54.7 Å². The molecule has 4 amide bonds. The van der Waals surface area contributed by atoms with Gasteiger partial charge in [-0.3, -0.25) is 19.2 Å². The van der Waals surface area contributed by atoms with Crippen molar-refractivity contribution in [3.63, 3.8) is 0 Å². The van der Waals surface area contributed by atoms with Crippen LogP contribution in [0.3, 0.4) is 0 Å². The van der Waals surface area contributed by atoms with E-state index in [1.165, 1.54) is 14.1 Å². The standard InChI is InChI=1S/C40H46N4O8/c1-41-37(47)31(23-27-15-7-3-8-16-27)43-39(49)35(51-25-29-19-11-5-12-20-29)33(45)34(46)36(52-26-30-21-13-6-14-22-30)40(50)44-32(38(48)42-2)24-28-17-9-4-10-18-28/h3-22,31-36,45-46H,23-26H2,1-2H3,(H,41,47)(H,42,48)(H,43,49)(H,44,50)/t31-,32-,33+,34+,35+,36+/m0/s1. The Balaban J connectivity index is 1.62. The molecule has 12 heteroatoms. The molecule has 0 saturated carbocycles. The van der Waals surface area contributed by atoms with E-state index in [1.54, 1.807) is 109 Å². The van der Waals surface area contributed by atoms with Crippen molar-refractivity contribution >= 4 is 23.6 Å². The molecule has 0 fully saturated rings. The third kappa shape index (κ3) is 11.8. The zero-order chi connectivity index (χ0) is 37.3. The van der Waals surface area contributed by atoms with Crippen molar-refractivity contribution in [2.75, 3.05) is 14.1 Å². The van der Waals surface area contributed by atoms with Gasteiger partial charge in [0.15, 0.2) is 12.2 Å². The predicted octanol–water partition coefficient (Wildman–Crippen LogP) is 1.83. The van der Waals surface area contributed by atoms with Crippen molar-refractivity contribution in [1.29, 1.82) is 0 Å². The molecule has 0 spiro atoms. The van der Waals surface area contributed by atoms with Gasteiger partial charge in [0.2, 0.25) is 11.8 Å². The summed E-state index contributed by atoms with van der Waals surface area (Å²) in [6, 6.07) is 33.7. The molecule has 0 aliphatic carbocycles. The maximum Gasteiger partial charge on any atom is 0.252 e.